The molecule has 1 amide bonds. The molecule has 0 heterocycles. The molecule has 0 spiro atoms. The fraction of sp³-hybridized carbons (Fsp3) is 0.714. The van der Waals surface area contributed by atoms with Gasteiger partial charge in [-0.15, -0.1) is 0 Å². The molecule has 0 rings (SSSR count). The third kappa shape index (κ3) is 2.89. The summed E-state index contributed by atoms with van der Waals surface area (Å²) in [7, 11) is 1.54. The Kier molecular flexibility index (Phi) is 3.05. The summed E-state index contributed by atoms with van der Waals surface area (Å²) in [5.41, 5.74) is -0.359. The van der Waals surface area contributed by atoms with Gasteiger partial charge in [0.25, 0.3) is 0 Å². The average Bonchev–Trinajstić information content (AvgIpc) is 1.82. The third-order valence-electron chi connectivity index (χ3n) is 1.48. The molecule has 0 saturated heterocycles. The molecular formula is C7H12ClNO2. The Morgan fingerprint density at radius 2 is 1.64 bits per heavy atom. The first-order chi connectivity index (χ1) is 4.76. The van der Waals surface area contributed by atoms with Gasteiger partial charge < -0.3 is 4.90 Å². The highest BCUT2D eigenvalue weighted by Gasteiger charge is 2.25. The molecule has 0 fully saturated rings. The summed E-state index contributed by atoms with van der Waals surface area (Å²) < 4.78 is 0. The van der Waals surface area contributed by atoms with Crippen molar-refractivity contribution in [3.05, 3.63) is 0 Å². The molecule has 0 aliphatic heterocycles. The van der Waals surface area contributed by atoms with Gasteiger partial charge in [-0.1, -0.05) is 0 Å². The lowest BCUT2D eigenvalue weighted by Gasteiger charge is -2.30. The summed E-state index contributed by atoms with van der Waals surface area (Å²) in [6.45, 7) is 5.47. The molecule has 4 heteroatoms. The monoisotopic (exact) mass is 177 g/mol. The summed E-state index contributed by atoms with van der Waals surface area (Å²) in [6, 6.07) is 0. The van der Waals surface area contributed by atoms with Crippen molar-refractivity contribution in [3.8, 4) is 0 Å². The van der Waals surface area contributed by atoms with E-state index in [1.54, 1.807) is 7.05 Å². The SMILES string of the molecule is CN(C(=O)C(=O)Cl)C(C)(C)C. The molecule has 0 saturated carbocycles. The van der Waals surface area contributed by atoms with Gasteiger partial charge in [-0.25, -0.2) is 0 Å². The van der Waals surface area contributed by atoms with Crippen LogP contribution in [0.4, 0.5) is 0 Å². The molecule has 0 aromatic carbocycles. The van der Waals surface area contributed by atoms with Gasteiger partial charge in [-0.3, -0.25) is 9.59 Å². The summed E-state index contributed by atoms with van der Waals surface area (Å²) in [6.07, 6.45) is 0. The summed E-state index contributed by atoms with van der Waals surface area (Å²) in [5.74, 6) is -0.667. The van der Waals surface area contributed by atoms with Crippen LogP contribution in [0.15, 0.2) is 0 Å². The largest absolute Gasteiger partial charge is 0.333 e. The quantitative estimate of drug-likeness (QED) is 0.443. The number of rotatable bonds is 1. The molecule has 0 radical (unpaired) electrons. The van der Waals surface area contributed by atoms with Crippen LogP contribution in [-0.2, 0) is 9.59 Å². The first-order valence-corrected chi connectivity index (χ1v) is 3.62. The van der Waals surface area contributed by atoms with Crippen LogP contribution in [0.2, 0.25) is 0 Å². The molecule has 0 aliphatic carbocycles. The maximum Gasteiger partial charge on any atom is 0.310 e. The Labute approximate surface area is 71.3 Å². The van der Waals surface area contributed by atoms with E-state index >= 15 is 0 Å². The van der Waals surface area contributed by atoms with Crippen LogP contribution in [0.5, 0.6) is 0 Å². The van der Waals surface area contributed by atoms with E-state index in [0.717, 1.165) is 0 Å². The van der Waals surface area contributed by atoms with E-state index in [4.69, 9.17) is 11.6 Å². The van der Waals surface area contributed by atoms with Crippen molar-refractivity contribution < 1.29 is 9.59 Å². The lowest BCUT2D eigenvalue weighted by molar-refractivity contribution is -0.142. The maximum absolute atomic E-state index is 10.9. The van der Waals surface area contributed by atoms with Crippen molar-refractivity contribution in [3.63, 3.8) is 0 Å². The number of carbonyl (C=O) groups is 2. The first-order valence-electron chi connectivity index (χ1n) is 3.24. The van der Waals surface area contributed by atoms with Crippen molar-refractivity contribution in [2.75, 3.05) is 7.05 Å². The zero-order valence-corrected chi connectivity index (χ0v) is 7.90. The number of likely N-dealkylation sites (N-methyl/N-ethyl adjacent to an activating group) is 1. The molecule has 0 N–H and O–H groups in total. The van der Waals surface area contributed by atoms with Crippen LogP contribution in [0.3, 0.4) is 0 Å². The van der Waals surface area contributed by atoms with Gasteiger partial charge in [0.15, 0.2) is 0 Å². The van der Waals surface area contributed by atoms with Gasteiger partial charge >= 0.3 is 11.1 Å². The normalized spacial score (nSPS) is 11.0. The van der Waals surface area contributed by atoms with Gasteiger partial charge in [-0.05, 0) is 32.4 Å². The lowest BCUT2D eigenvalue weighted by Crippen LogP contribution is -2.44. The van der Waals surface area contributed by atoms with E-state index in [1.807, 2.05) is 20.8 Å². The predicted octanol–water partition coefficient (Wildman–Crippen LogP) is 1.01. The molecule has 0 aromatic rings. The van der Waals surface area contributed by atoms with Crippen molar-refractivity contribution in [1.29, 1.82) is 0 Å². The van der Waals surface area contributed by atoms with E-state index in [2.05, 4.69) is 0 Å². The molecule has 0 aromatic heterocycles. The van der Waals surface area contributed by atoms with Gasteiger partial charge in [-0.2, -0.15) is 0 Å². The molecule has 3 nitrogen and oxygen atoms in total. The van der Waals surface area contributed by atoms with Crippen molar-refractivity contribution in [2.45, 2.75) is 26.3 Å². The Morgan fingerprint density at radius 3 is 1.73 bits per heavy atom. The van der Waals surface area contributed by atoms with Gasteiger partial charge in [0.2, 0.25) is 0 Å². The van der Waals surface area contributed by atoms with E-state index in [-0.39, 0.29) is 5.54 Å². The van der Waals surface area contributed by atoms with Gasteiger partial charge in [0, 0.05) is 12.6 Å². The number of carbonyl (C=O) groups excluding carboxylic acids is 2. The summed E-state index contributed by atoms with van der Waals surface area (Å²) in [4.78, 5) is 22.6. The minimum Gasteiger partial charge on any atom is -0.333 e. The standard InChI is InChI=1S/C7H12ClNO2/c1-7(2,3)9(4)6(11)5(8)10/h1-4H3. The number of amides is 1. The third-order valence-corrected chi connectivity index (χ3v) is 1.64. The predicted molar refractivity (Wildman–Crippen MR) is 43.4 cm³/mol. The molecule has 0 atom stereocenters. The van der Waals surface area contributed by atoms with Crippen LogP contribution < -0.4 is 0 Å². The first kappa shape index (κ1) is 10.4. The highest BCUT2D eigenvalue weighted by molar-refractivity contribution is 6.80. The van der Waals surface area contributed by atoms with Crippen LogP contribution >= 0.6 is 11.6 Å². The molecular weight excluding hydrogens is 166 g/mol. The minimum atomic E-state index is -0.942. The van der Waals surface area contributed by atoms with Crippen molar-refractivity contribution in [2.24, 2.45) is 0 Å². The van der Waals surface area contributed by atoms with E-state index in [9.17, 15) is 9.59 Å². The van der Waals surface area contributed by atoms with E-state index < -0.39 is 11.1 Å². The molecule has 0 bridgehead atoms. The number of hydrogen-bond acceptors (Lipinski definition) is 2. The Bertz CT molecular complexity index is 183. The van der Waals surface area contributed by atoms with Gasteiger partial charge in [0.1, 0.15) is 0 Å². The highest BCUT2D eigenvalue weighted by atomic mass is 35.5. The van der Waals surface area contributed by atoms with Crippen molar-refractivity contribution in [1.82, 2.24) is 4.90 Å². The van der Waals surface area contributed by atoms with Crippen LogP contribution in [0, 0.1) is 0 Å². The van der Waals surface area contributed by atoms with Crippen LogP contribution in [0.25, 0.3) is 0 Å². The zero-order chi connectivity index (χ0) is 9.23. The Morgan fingerprint density at radius 1 is 1.27 bits per heavy atom. The Balaban J connectivity index is 4.38. The fourth-order valence-electron chi connectivity index (χ4n) is 0.436. The van der Waals surface area contributed by atoms with E-state index in [0.29, 0.717) is 0 Å². The molecule has 64 valence electrons. The van der Waals surface area contributed by atoms with E-state index in [1.165, 1.54) is 4.90 Å². The lowest BCUT2D eigenvalue weighted by atomic mass is 10.1. The van der Waals surface area contributed by atoms with Gasteiger partial charge in [0.05, 0.1) is 0 Å². The molecule has 0 unspecified atom stereocenters. The molecule has 11 heavy (non-hydrogen) atoms. The average molecular weight is 178 g/mol. The van der Waals surface area contributed by atoms with Crippen molar-refractivity contribution >= 4 is 22.8 Å². The van der Waals surface area contributed by atoms with Crippen LogP contribution in [0.1, 0.15) is 20.8 Å². The number of hydrogen-bond donors (Lipinski definition) is 0. The fourth-order valence-corrected chi connectivity index (χ4v) is 0.563. The van der Waals surface area contributed by atoms with Crippen LogP contribution in [-0.4, -0.2) is 28.6 Å². The second-order valence-corrected chi connectivity index (χ2v) is 3.65. The Hall–Kier alpha value is -0.570. The number of nitrogens with zero attached hydrogens (tertiary/aromatic N) is 1. The second-order valence-electron chi connectivity index (χ2n) is 3.31. The number of halogens is 1. The minimum absolute atomic E-state index is 0.359. The topological polar surface area (TPSA) is 37.4 Å². The maximum atomic E-state index is 10.9. The zero-order valence-electron chi connectivity index (χ0n) is 7.14. The second kappa shape index (κ2) is 3.22. The summed E-state index contributed by atoms with van der Waals surface area (Å²) >= 11 is 5.00. The smallest absolute Gasteiger partial charge is 0.310 e. The summed E-state index contributed by atoms with van der Waals surface area (Å²) in [5, 5.41) is -0.942. The highest BCUT2D eigenvalue weighted by Crippen LogP contribution is 2.10. The molecule has 0 aliphatic rings.